The maximum absolute atomic E-state index is 12.2. The van der Waals surface area contributed by atoms with Crippen molar-refractivity contribution in [2.24, 2.45) is 0 Å². The largest absolute Gasteiger partial charge is 0.349 e. The number of likely N-dealkylation sites (tertiary alicyclic amines) is 1. The summed E-state index contributed by atoms with van der Waals surface area (Å²) < 4.78 is 0. The number of aldehydes is 1. The van der Waals surface area contributed by atoms with Crippen molar-refractivity contribution >= 4 is 23.5 Å². The van der Waals surface area contributed by atoms with Crippen LogP contribution >= 0.6 is 11.3 Å². The molecule has 1 aromatic heterocycles. The van der Waals surface area contributed by atoms with Crippen molar-refractivity contribution in [3.8, 4) is 0 Å². The summed E-state index contributed by atoms with van der Waals surface area (Å²) in [5.74, 6) is -0.0652. The van der Waals surface area contributed by atoms with E-state index < -0.39 is 0 Å². The Labute approximate surface area is 140 Å². The molecule has 0 saturated carbocycles. The van der Waals surface area contributed by atoms with Crippen molar-refractivity contribution in [3.05, 3.63) is 57.8 Å². The molecule has 3 rings (SSSR count). The number of rotatable bonds is 5. The number of carbonyl (C=O) groups is 2. The van der Waals surface area contributed by atoms with E-state index in [-0.39, 0.29) is 11.9 Å². The molecule has 0 bridgehead atoms. The minimum atomic E-state index is -0.0652. The fourth-order valence-electron chi connectivity index (χ4n) is 2.87. The van der Waals surface area contributed by atoms with Crippen LogP contribution in [0.15, 0.2) is 42.5 Å². The molecule has 23 heavy (non-hydrogen) atoms. The van der Waals surface area contributed by atoms with Crippen molar-refractivity contribution in [2.75, 3.05) is 13.1 Å². The lowest BCUT2D eigenvalue weighted by Crippen LogP contribution is -2.44. The van der Waals surface area contributed by atoms with Gasteiger partial charge >= 0.3 is 0 Å². The summed E-state index contributed by atoms with van der Waals surface area (Å²) in [6, 6.07) is 14.1. The topological polar surface area (TPSA) is 49.4 Å². The molecular formula is C18H20N2O2S. The normalized spacial score (nSPS) is 16.2. The zero-order valence-electron chi connectivity index (χ0n) is 12.9. The Hall–Kier alpha value is -1.98. The summed E-state index contributed by atoms with van der Waals surface area (Å²) in [6.45, 7) is 2.95. The van der Waals surface area contributed by atoms with E-state index in [0.717, 1.165) is 38.8 Å². The number of benzene rings is 1. The first-order valence-corrected chi connectivity index (χ1v) is 8.68. The van der Waals surface area contributed by atoms with Crippen molar-refractivity contribution in [3.63, 3.8) is 0 Å². The third kappa shape index (κ3) is 4.27. The lowest BCUT2D eigenvalue weighted by Gasteiger charge is -2.32. The van der Waals surface area contributed by atoms with E-state index in [1.54, 1.807) is 12.1 Å². The highest BCUT2D eigenvalue weighted by atomic mass is 32.1. The van der Waals surface area contributed by atoms with Crippen LogP contribution < -0.4 is 5.32 Å². The van der Waals surface area contributed by atoms with Crippen LogP contribution in [0.5, 0.6) is 0 Å². The molecule has 1 N–H and O–H groups in total. The highest BCUT2D eigenvalue weighted by Crippen LogP contribution is 2.17. The fourth-order valence-corrected chi connectivity index (χ4v) is 3.60. The van der Waals surface area contributed by atoms with Crippen molar-refractivity contribution < 1.29 is 9.59 Å². The zero-order valence-corrected chi connectivity index (χ0v) is 13.7. The Kier molecular flexibility index (Phi) is 5.20. The quantitative estimate of drug-likeness (QED) is 0.859. The van der Waals surface area contributed by atoms with Gasteiger partial charge in [-0.3, -0.25) is 14.5 Å². The van der Waals surface area contributed by atoms with Crippen LogP contribution in [-0.2, 0) is 6.54 Å². The summed E-state index contributed by atoms with van der Waals surface area (Å²) in [6.07, 6.45) is 2.71. The molecular weight excluding hydrogens is 308 g/mol. The molecule has 0 aliphatic carbocycles. The molecule has 1 aromatic carbocycles. The molecule has 4 nitrogen and oxygen atoms in total. The average molecular weight is 328 g/mol. The van der Waals surface area contributed by atoms with Gasteiger partial charge in [-0.05, 0) is 30.5 Å². The van der Waals surface area contributed by atoms with E-state index in [2.05, 4.69) is 34.5 Å². The molecule has 2 heterocycles. The van der Waals surface area contributed by atoms with Crippen LogP contribution in [0.1, 0.15) is 37.7 Å². The summed E-state index contributed by atoms with van der Waals surface area (Å²) in [7, 11) is 0. The second-order valence-electron chi connectivity index (χ2n) is 5.83. The predicted octanol–water partition coefficient (Wildman–Crippen LogP) is 2.96. The first-order chi connectivity index (χ1) is 11.2. The average Bonchev–Trinajstić information content (AvgIpc) is 3.07. The molecule has 1 aliphatic heterocycles. The molecule has 1 fully saturated rings. The molecule has 0 unspecified atom stereocenters. The first-order valence-electron chi connectivity index (χ1n) is 7.87. The number of hydrogen-bond acceptors (Lipinski definition) is 4. The smallest absolute Gasteiger partial charge is 0.261 e. The minimum Gasteiger partial charge on any atom is -0.349 e. The second-order valence-corrected chi connectivity index (χ2v) is 6.94. The number of thiophene rings is 1. The second kappa shape index (κ2) is 7.53. The molecule has 0 radical (unpaired) electrons. The van der Waals surface area contributed by atoms with Gasteiger partial charge in [0.05, 0.1) is 9.75 Å². The van der Waals surface area contributed by atoms with E-state index in [0.29, 0.717) is 9.75 Å². The van der Waals surface area contributed by atoms with E-state index in [9.17, 15) is 9.59 Å². The monoisotopic (exact) mass is 328 g/mol. The van der Waals surface area contributed by atoms with E-state index in [1.165, 1.54) is 16.9 Å². The van der Waals surface area contributed by atoms with Gasteiger partial charge in [-0.2, -0.15) is 0 Å². The van der Waals surface area contributed by atoms with Gasteiger partial charge in [0.1, 0.15) is 0 Å². The Morgan fingerprint density at radius 2 is 1.91 bits per heavy atom. The van der Waals surface area contributed by atoms with Gasteiger partial charge in [-0.1, -0.05) is 30.3 Å². The molecule has 5 heteroatoms. The summed E-state index contributed by atoms with van der Waals surface area (Å²) in [5.41, 5.74) is 1.33. The number of carbonyl (C=O) groups excluding carboxylic acids is 2. The Bertz CT molecular complexity index is 661. The Morgan fingerprint density at radius 3 is 2.57 bits per heavy atom. The lowest BCUT2D eigenvalue weighted by atomic mass is 10.0. The summed E-state index contributed by atoms with van der Waals surface area (Å²) in [5, 5.41) is 3.09. The third-order valence-electron chi connectivity index (χ3n) is 4.14. The molecule has 120 valence electrons. The van der Waals surface area contributed by atoms with Gasteiger partial charge in [0, 0.05) is 25.7 Å². The highest BCUT2D eigenvalue weighted by Gasteiger charge is 2.21. The van der Waals surface area contributed by atoms with Crippen LogP contribution in [0.3, 0.4) is 0 Å². The van der Waals surface area contributed by atoms with Crippen molar-refractivity contribution in [2.45, 2.75) is 25.4 Å². The maximum atomic E-state index is 12.2. The van der Waals surface area contributed by atoms with Crippen LogP contribution in [-0.4, -0.2) is 36.2 Å². The SMILES string of the molecule is O=Cc1ccc(C(=O)NC2CCN(Cc3ccccc3)CC2)s1. The molecule has 0 spiro atoms. The van der Waals surface area contributed by atoms with Gasteiger partial charge in [0.15, 0.2) is 6.29 Å². The number of piperidine rings is 1. The summed E-state index contributed by atoms with van der Waals surface area (Å²) in [4.78, 5) is 26.5. The van der Waals surface area contributed by atoms with Gasteiger partial charge in [-0.15, -0.1) is 11.3 Å². The zero-order chi connectivity index (χ0) is 16.1. The Morgan fingerprint density at radius 1 is 1.17 bits per heavy atom. The molecule has 0 atom stereocenters. The molecule has 1 amide bonds. The van der Waals surface area contributed by atoms with Gasteiger partial charge in [0.25, 0.3) is 5.91 Å². The van der Waals surface area contributed by atoms with Crippen molar-refractivity contribution in [1.82, 2.24) is 10.2 Å². The molecule has 2 aromatic rings. The van der Waals surface area contributed by atoms with Crippen LogP contribution in [0.4, 0.5) is 0 Å². The van der Waals surface area contributed by atoms with E-state index >= 15 is 0 Å². The van der Waals surface area contributed by atoms with Gasteiger partial charge < -0.3 is 5.32 Å². The highest BCUT2D eigenvalue weighted by molar-refractivity contribution is 7.15. The number of nitrogens with one attached hydrogen (secondary N) is 1. The predicted molar refractivity (Wildman–Crippen MR) is 91.9 cm³/mol. The van der Waals surface area contributed by atoms with Crippen molar-refractivity contribution in [1.29, 1.82) is 0 Å². The maximum Gasteiger partial charge on any atom is 0.261 e. The number of amides is 1. The van der Waals surface area contributed by atoms with Gasteiger partial charge in [0.2, 0.25) is 0 Å². The lowest BCUT2D eigenvalue weighted by molar-refractivity contribution is 0.0913. The van der Waals surface area contributed by atoms with Crippen LogP contribution in [0.25, 0.3) is 0 Å². The minimum absolute atomic E-state index is 0.0652. The third-order valence-corrected chi connectivity index (χ3v) is 5.15. The van der Waals surface area contributed by atoms with Crippen LogP contribution in [0, 0.1) is 0 Å². The fraction of sp³-hybridized carbons (Fsp3) is 0.333. The first kappa shape index (κ1) is 15.9. The van der Waals surface area contributed by atoms with E-state index in [1.807, 2.05) is 6.07 Å². The van der Waals surface area contributed by atoms with Crippen LogP contribution in [0.2, 0.25) is 0 Å². The summed E-state index contributed by atoms with van der Waals surface area (Å²) >= 11 is 1.24. The number of hydrogen-bond donors (Lipinski definition) is 1. The van der Waals surface area contributed by atoms with Gasteiger partial charge in [-0.25, -0.2) is 0 Å². The standard InChI is InChI=1S/C18H20N2O2S/c21-13-16-6-7-17(23-16)18(22)19-15-8-10-20(11-9-15)12-14-4-2-1-3-5-14/h1-7,13,15H,8-12H2,(H,19,22). The van der Waals surface area contributed by atoms with E-state index in [4.69, 9.17) is 0 Å². The number of nitrogens with zero attached hydrogens (tertiary/aromatic N) is 1. The molecule has 1 saturated heterocycles. The Balaban J connectivity index is 1.47. The molecule has 1 aliphatic rings.